The fourth-order valence-electron chi connectivity index (χ4n) is 4.05. The van der Waals surface area contributed by atoms with Crippen LogP contribution in [-0.2, 0) is 0 Å². The molecule has 0 atom stereocenters. The predicted molar refractivity (Wildman–Crippen MR) is 106 cm³/mol. The molecule has 1 saturated carbocycles. The van der Waals surface area contributed by atoms with Gasteiger partial charge < -0.3 is 9.52 Å². The van der Waals surface area contributed by atoms with Crippen LogP contribution < -0.4 is 5.43 Å². The van der Waals surface area contributed by atoms with Crippen molar-refractivity contribution in [1.29, 1.82) is 0 Å². The predicted octanol–water partition coefficient (Wildman–Crippen LogP) is 5.21. The minimum atomic E-state index is 0.0260. The molecule has 0 bridgehead atoms. The number of benzene rings is 1. The lowest BCUT2D eigenvalue weighted by Gasteiger charge is -2.11. The molecule has 2 heterocycles. The van der Waals surface area contributed by atoms with Crippen molar-refractivity contribution in [2.45, 2.75) is 32.6 Å². The average Bonchev–Trinajstić information content (AvgIpc) is 3.43. The first-order valence-corrected chi connectivity index (χ1v) is 9.18. The van der Waals surface area contributed by atoms with Crippen LogP contribution in [0.3, 0.4) is 0 Å². The zero-order valence-corrected chi connectivity index (χ0v) is 15.2. The van der Waals surface area contributed by atoms with Gasteiger partial charge in [0.15, 0.2) is 5.43 Å². The van der Waals surface area contributed by atoms with Crippen LogP contribution >= 0.6 is 0 Å². The van der Waals surface area contributed by atoms with Crippen molar-refractivity contribution in [1.82, 2.24) is 4.98 Å². The molecular formula is C23H19NO3. The van der Waals surface area contributed by atoms with Crippen LogP contribution in [0.15, 0.2) is 52.0 Å². The van der Waals surface area contributed by atoms with Crippen LogP contribution in [0.25, 0.3) is 33.0 Å². The lowest BCUT2D eigenvalue weighted by molar-refractivity contribution is 0.473. The number of hydrogen-bond donors (Lipinski definition) is 1. The number of rotatable bonds is 2. The smallest absolute Gasteiger partial charge is 0.190 e. The number of aryl methyl sites for hydroxylation is 2. The molecule has 0 radical (unpaired) electrons. The Morgan fingerprint density at radius 3 is 2.63 bits per heavy atom. The Hall–Kier alpha value is -3.14. The van der Waals surface area contributed by atoms with Crippen molar-refractivity contribution in [3.05, 3.63) is 69.7 Å². The molecule has 1 N–H and O–H groups in total. The molecule has 0 unspecified atom stereocenters. The first-order valence-electron chi connectivity index (χ1n) is 9.18. The largest absolute Gasteiger partial charge is 0.506 e. The van der Waals surface area contributed by atoms with Gasteiger partial charge in [-0.15, -0.1) is 0 Å². The molecule has 134 valence electrons. The molecule has 1 fully saturated rings. The van der Waals surface area contributed by atoms with Crippen LogP contribution in [0, 0.1) is 13.8 Å². The summed E-state index contributed by atoms with van der Waals surface area (Å²) in [5.74, 6) is 0.574. The molecule has 0 aliphatic heterocycles. The van der Waals surface area contributed by atoms with E-state index in [-0.39, 0.29) is 11.2 Å². The van der Waals surface area contributed by atoms with Gasteiger partial charge in [0.1, 0.15) is 11.3 Å². The second-order valence-corrected chi connectivity index (χ2v) is 7.42. The lowest BCUT2D eigenvalue weighted by Crippen LogP contribution is -1.97. The van der Waals surface area contributed by atoms with E-state index in [1.807, 2.05) is 31.2 Å². The Balaban J connectivity index is 1.94. The summed E-state index contributed by atoms with van der Waals surface area (Å²) >= 11 is 0. The van der Waals surface area contributed by atoms with Gasteiger partial charge in [0, 0.05) is 10.9 Å². The lowest BCUT2D eigenvalue weighted by atomic mass is 9.94. The standard InChI is InChI=1S/C23H19NO3/c1-12-11-27-23-17-7-6-16(19-8-5-15(25)10-24-19)13(2)22(17)18(14-3-4-14)9-20(26)21(12)23/h5-11,14,25H,3-4H2,1-2H3. The molecule has 1 aliphatic carbocycles. The van der Waals surface area contributed by atoms with Gasteiger partial charge in [0.05, 0.1) is 23.5 Å². The maximum absolute atomic E-state index is 12.9. The number of pyridine rings is 1. The van der Waals surface area contributed by atoms with E-state index in [9.17, 15) is 9.90 Å². The van der Waals surface area contributed by atoms with E-state index in [4.69, 9.17) is 4.42 Å². The van der Waals surface area contributed by atoms with Crippen LogP contribution in [0.5, 0.6) is 5.75 Å². The summed E-state index contributed by atoms with van der Waals surface area (Å²) < 4.78 is 5.83. The molecule has 1 aliphatic rings. The number of hydrogen-bond acceptors (Lipinski definition) is 4. The van der Waals surface area contributed by atoms with E-state index in [1.54, 1.807) is 12.3 Å². The number of aromatic hydroxyl groups is 1. The maximum Gasteiger partial charge on any atom is 0.190 e. The summed E-state index contributed by atoms with van der Waals surface area (Å²) in [6.07, 6.45) is 5.34. The monoisotopic (exact) mass is 357 g/mol. The SMILES string of the molecule is Cc1c(-c2ccc(O)cn2)ccc2c1c(C1CC1)cc(=O)c1c(C)coc12. The maximum atomic E-state index is 12.9. The Kier molecular flexibility index (Phi) is 3.38. The van der Waals surface area contributed by atoms with Crippen molar-refractivity contribution in [3.8, 4) is 17.0 Å². The van der Waals surface area contributed by atoms with E-state index in [0.29, 0.717) is 16.9 Å². The fourth-order valence-corrected chi connectivity index (χ4v) is 4.05. The summed E-state index contributed by atoms with van der Waals surface area (Å²) in [6, 6.07) is 9.32. The van der Waals surface area contributed by atoms with E-state index < -0.39 is 0 Å². The summed E-state index contributed by atoms with van der Waals surface area (Å²) in [6.45, 7) is 3.99. The Morgan fingerprint density at radius 2 is 1.93 bits per heavy atom. The normalized spacial score (nSPS) is 14.1. The van der Waals surface area contributed by atoms with Gasteiger partial charge >= 0.3 is 0 Å². The molecule has 27 heavy (non-hydrogen) atoms. The average molecular weight is 357 g/mol. The quantitative estimate of drug-likeness (QED) is 0.535. The highest BCUT2D eigenvalue weighted by Crippen LogP contribution is 2.45. The molecular weight excluding hydrogens is 338 g/mol. The molecule has 0 amide bonds. The molecule has 0 spiro atoms. The number of fused-ring (bicyclic) bond motifs is 3. The van der Waals surface area contributed by atoms with Crippen LogP contribution in [0.2, 0.25) is 0 Å². The molecule has 0 saturated heterocycles. The molecule has 4 aromatic rings. The zero-order valence-electron chi connectivity index (χ0n) is 15.2. The van der Waals surface area contributed by atoms with Crippen molar-refractivity contribution < 1.29 is 9.52 Å². The highest BCUT2D eigenvalue weighted by Gasteiger charge is 2.28. The van der Waals surface area contributed by atoms with Gasteiger partial charge in [-0.2, -0.15) is 0 Å². The van der Waals surface area contributed by atoms with Crippen molar-refractivity contribution in [3.63, 3.8) is 0 Å². The Bertz CT molecular complexity index is 1270. The van der Waals surface area contributed by atoms with Crippen molar-refractivity contribution in [2.24, 2.45) is 0 Å². The molecule has 2 aromatic carbocycles. The minimum absolute atomic E-state index is 0.0260. The van der Waals surface area contributed by atoms with E-state index in [2.05, 4.69) is 11.9 Å². The third-order valence-corrected chi connectivity index (χ3v) is 5.55. The second kappa shape index (κ2) is 5.68. The Morgan fingerprint density at radius 1 is 1.11 bits per heavy atom. The van der Waals surface area contributed by atoms with Gasteiger partial charge in [-0.1, -0.05) is 6.07 Å². The van der Waals surface area contributed by atoms with Crippen LogP contribution in [0.1, 0.15) is 35.4 Å². The fraction of sp³-hybridized carbons (Fsp3) is 0.217. The third-order valence-electron chi connectivity index (χ3n) is 5.55. The summed E-state index contributed by atoms with van der Waals surface area (Å²) in [4.78, 5) is 17.3. The van der Waals surface area contributed by atoms with Gasteiger partial charge in [-0.05, 0) is 78.9 Å². The number of aromatic nitrogens is 1. The third kappa shape index (κ3) is 2.44. The van der Waals surface area contributed by atoms with Crippen molar-refractivity contribution in [2.75, 3.05) is 0 Å². The summed E-state index contributed by atoms with van der Waals surface area (Å²) in [7, 11) is 0. The summed E-state index contributed by atoms with van der Waals surface area (Å²) in [5, 5.41) is 12.3. The first-order chi connectivity index (χ1) is 13.0. The van der Waals surface area contributed by atoms with E-state index >= 15 is 0 Å². The van der Waals surface area contributed by atoms with Crippen molar-refractivity contribution >= 4 is 21.7 Å². The zero-order chi connectivity index (χ0) is 18.7. The summed E-state index contributed by atoms with van der Waals surface area (Å²) in [5.41, 5.74) is 5.55. The first kappa shape index (κ1) is 16.1. The highest BCUT2D eigenvalue weighted by molar-refractivity contribution is 6.08. The molecule has 2 aromatic heterocycles. The Labute approximate surface area is 156 Å². The van der Waals surface area contributed by atoms with Crippen LogP contribution in [0.4, 0.5) is 0 Å². The molecule has 4 nitrogen and oxygen atoms in total. The topological polar surface area (TPSA) is 63.3 Å². The van der Waals surface area contributed by atoms with Gasteiger partial charge in [0.2, 0.25) is 0 Å². The highest BCUT2D eigenvalue weighted by atomic mass is 16.3. The van der Waals surface area contributed by atoms with E-state index in [0.717, 1.165) is 51.6 Å². The van der Waals surface area contributed by atoms with Crippen LogP contribution in [-0.4, -0.2) is 10.1 Å². The van der Waals surface area contributed by atoms with Gasteiger partial charge in [0.25, 0.3) is 0 Å². The number of furan rings is 1. The van der Waals surface area contributed by atoms with E-state index in [1.165, 1.54) is 6.20 Å². The molecule has 5 rings (SSSR count). The second-order valence-electron chi connectivity index (χ2n) is 7.42. The van der Waals surface area contributed by atoms with Gasteiger partial charge in [-0.25, -0.2) is 0 Å². The number of nitrogens with zero attached hydrogens (tertiary/aromatic N) is 1. The minimum Gasteiger partial charge on any atom is -0.506 e. The molecule has 4 heteroatoms. The van der Waals surface area contributed by atoms with Gasteiger partial charge in [-0.3, -0.25) is 9.78 Å².